The largest absolute Gasteiger partial charge is 0.497 e. The van der Waals surface area contributed by atoms with Crippen LogP contribution in [0.1, 0.15) is 37.0 Å². The average molecular weight is 596 g/mol. The van der Waals surface area contributed by atoms with E-state index in [4.69, 9.17) is 9.47 Å². The Morgan fingerprint density at radius 2 is 1.62 bits per heavy atom. The number of nitrogens with one attached hydrogen (secondary N) is 1. The van der Waals surface area contributed by atoms with Crippen LogP contribution in [0.15, 0.2) is 72.8 Å². The Bertz CT molecular complexity index is 1460. The molecule has 0 aliphatic heterocycles. The molecule has 0 radical (unpaired) electrons. The van der Waals surface area contributed by atoms with Crippen LogP contribution in [0.4, 0.5) is 5.69 Å². The second kappa shape index (κ2) is 14.7. The monoisotopic (exact) mass is 595 g/mol. The summed E-state index contributed by atoms with van der Waals surface area (Å²) >= 11 is 0. The number of carbonyl (C=O) groups is 2. The number of sulfonamides is 1. The lowest BCUT2D eigenvalue weighted by molar-refractivity contribution is -0.140. The summed E-state index contributed by atoms with van der Waals surface area (Å²) in [4.78, 5) is 29.5. The molecule has 0 fully saturated rings. The molecule has 2 amide bonds. The van der Waals surface area contributed by atoms with Gasteiger partial charge in [-0.2, -0.15) is 0 Å². The molecule has 2 atom stereocenters. The van der Waals surface area contributed by atoms with Gasteiger partial charge >= 0.3 is 0 Å². The summed E-state index contributed by atoms with van der Waals surface area (Å²) in [5, 5.41) is 3.03. The smallest absolute Gasteiger partial charge is 0.244 e. The van der Waals surface area contributed by atoms with Crippen molar-refractivity contribution in [2.45, 2.75) is 52.2 Å². The van der Waals surface area contributed by atoms with Crippen LogP contribution < -0.4 is 19.1 Å². The molecule has 226 valence electrons. The van der Waals surface area contributed by atoms with E-state index in [-0.39, 0.29) is 36.4 Å². The molecule has 0 saturated carbocycles. The van der Waals surface area contributed by atoms with Crippen molar-refractivity contribution in [3.8, 4) is 11.5 Å². The van der Waals surface area contributed by atoms with Crippen molar-refractivity contribution in [2.75, 3.05) is 31.3 Å². The maximum absolute atomic E-state index is 14.3. The van der Waals surface area contributed by atoms with Gasteiger partial charge in [-0.1, -0.05) is 67.1 Å². The molecule has 0 aliphatic carbocycles. The number of aryl methyl sites for hydroxylation is 1. The molecule has 3 rings (SSSR count). The van der Waals surface area contributed by atoms with Gasteiger partial charge in [-0.15, -0.1) is 0 Å². The van der Waals surface area contributed by atoms with Gasteiger partial charge in [0.1, 0.15) is 24.1 Å². The molecule has 3 aromatic carbocycles. The Morgan fingerprint density at radius 1 is 0.929 bits per heavy atom. The van der Waals surface area contributed by atoms with Crippen molar-refractivity contribution < 1.29 is 27.5 Å². The van der Waals surface area contributed by atoms with Gasteiger partial charge in [0.15, 0.2) is 0 Å². The second-order valence-electron chi connectivity index (χ2n) is 10.3. The quantitative estimate of drug-likeness (QED) is 0.298. The van der Waals surface area contributed by atoms with Crippen LogP contribution >= 0.6 is 0 Å². The van der Waals surface area contributed by atoms with E-state index in [2.05, 4.69) is 5.32 Å². The van der Waals surface area contributed by atoms with Crippen molar-refractivity contribution in [2.24, 2.45) is 0 Å². The molecule has 0 spiro atoms. The average Bonchev–Trinajstić information content (AvgIpc) is 2.97. The predicted molar refractivity (Wildman–Crippen MR) is 165 cm³/mol. The highest BCUT2D eigenvalue weighted by molar-refractivity contribution is 7.92. The summed E-state index contributed by atoms with van der Waals surface area (Å²) < 4.78 is 38.0. The zero-order chi connectivity index (χ0) is 30.9. The van der Waals surface area contributed by atoms with Crippen LogP contribution in [0.25, 0.3) is 0 Å². The van der Waals surface area contributed by atoms with Gasteiger partial charge in [-0.05, 0) is 43.5 Å². The number of methoxy groups -OCH3 is 2. The van der Waals surface area contributed by atoms with Crippen molar-refractivity contribution in [3.63, 3.8) is 0 Å². The van der Waals surface area contributed by atoms with Crippen LogP contribution in [0.3, 0.4) is 0 Å². The van der Waals surface area contributed by atoms with Gasteiger partial charge in [0, 0.05) is 25.1 Å². The van der Waals surface area contributed by atoms with Crippen molar-refractivity contribution in [1.29, 1.82) is 0 Å². The van der Waals surface area contributed by atoms with E-state index >= 15 is 0 Å². The van der Waals surface area contributed by atoms with Crippen LogP contribution in [-0.4, -0.2) is 64.2 Å². The highest BCUT2D eigenvalue weighted by Gasteiger charge is 2.34. The third-order valence-corrected chi connectivity index (χ3v) is 8.17. The molecular formula is C32H41N3O6S. The van der Waals surface area contributed by atoms with Gasteiger partial charge < -0.3 is 19.7 Å². The second-order valence-corrected chi connectivity index (χ2v) is 12.2. The number of amides is 2. The minimum absolute atomic E-state index is 0.110. The molecule has 9 nitrogen and oxygen atoms in total. The molecule has 0 aromatic heterocycles. The molecule has 0 unspecified atom stereocenters. The predicted octanol–water partition coefficient (Wildman–Crippen LogP) is 4.33. The summed E-state index contributed by atoms with van der Waals surface area (Å²) in [6.07, 6.45) is 2.00. The fourth-order valence-electron chi connectivity index (χ4n) is 4.59. The molecule has 0 heterocycles. The van der Waals surface area contributed by atoms with Gasteiger partial charge in [0.05, 0.1) is 26.2 Å². The number of hydrogen-bond acceptors (Lipinski definition) is 6. The summed E-state index contributed by atoms with van der Waals surface area (Å²) in [7, 11) is -1.07. The number of hydrogen-bond donors (Lipinski definition) is 1. The van der Waals surface area contributed by atoms with Gasteiger partial charge in [-0.25, -0.2) is 8.42 Å². The van der Waals surface area contributed by atoms with Crippen molar-refractivity contribution in [1.82, 2.24) is 10.2 Å². The zero-order valence-corrected chi connectivity index (χ0v) is 26.0. The fraction of sp³-hybridized carbons (Fsp3) is 0.375. The number of carbonyl (C=O) groups excluding carboxylic acids is 2. The first-order valence-electron chi connectivity index (χ1n) is 13.9. The lowest BCUT2D eigenvalue weighted by atomic mass is 10.0. The van der Waals surface area contributed by atoms with Crippen LogP contribution in [-0.2, 0) is 32.6 Å². The zero-order valence-electron chi connectivity index (χ0n) is 25.2. The minimum atomic E-state index is -3.96. The van der Waals surface area contributed by atoms with Crippen LogP contribution in [0.2, 0.25) is 0 Å². The molecular weight excluding hydrogens is 554 g/mol. The number of rotatable bonds is 14. The number of nitrogens with zero attached hydrogens (tertiary/aromatic N) is 2. The summed E-state index contributed by atoms with van der Waals surface area (Å²) in [5.41, 5.74) is 2.86. The Morgan fingerprint density at radius 3 is 2.21 bits per heavy atom. The number of anilines is 1. The summed E-state index contributed by atoms with van der Waals surface area (Å²) in [5.74, 6) is -0.181. The Kier molecular flexibility index (Phi) is 11.4. The highest BCUT2D eigenvalue weighted by Crippen LogP contribution is 2.34. The SMILES string of the molecule is CC[C@@H](C)NC(=O)[C@@H](Cc1ccccc1)N(Cc1cccc(C)c1)C(=O)CN(c1cc(OC)ccc1OC)S(C)(=O)=O. The molecule has 10 heteroatoms. The van der Waals surface area contributed by atoms with E-state index in [0.717, 1.165) is 27.3 Å². The van der Waals surface area contributed by atoms with E-state index in [0.29, 0.717) is 12.2 Å². The Labute approximate surface area is 249 Å². The fourth-order valence-corrected chi connectivity index (χ4v) is 5.43. The van der Waals surface area contributed by atoms with E-state index in [1.807, 2.05) is 75.4 Å². The highest BCUT2D eigenvalue weighted by atomic mass is 32.2. The molecule has 42 heavy (non-hydrogen) atoms. The molecule has 0 saturated heterocycles. The first-order chi connectivity index (χ1) is 20.0. The van der Waals surface area contributed by atoms with E-state index in [1.54, 1.807) is 12.1 Å². The number of ether oxygens (including phenoxy) is 2. The maximum atomic E-state index is 14.3. The molecule has 0 aliphatic rings. The van der Waals surface area contributed by atoms with E-state index < -0.39 is 28.5 Å². The summed E-state index contributed by atoms with van der Waals surface area (Å²) in [6, 6.07) is 20.9. The lowest BCUT2D eigenvalue weighted by Gasteiger charge is -2.34. The third-order valence-electron chi connectivity index (χ3n) is 7.04. The summed E-state index contributed by atoms with van der Waals surface area (Å²) in [6.45, 7) is 5.39. The Hall–Kier alpha value is -4.05. The van der Waals surface area contributed by atoms with E-state index in [1.165, 1.54) is 25.2 Å². The van der Waals surface area contributed by atoms with Crippen LogP contribution in [0, 0.1) is 6.92 Å². The molecule has 1 N–H and O–H groups in total. The normalized spacial score (nSPS) is 12.6. The van der Waals surface area contributed by atoms with E-state index in [9.17, 15) is 18.0 Å². The maximum Gasteiger partial charge on any atom is 0.244 e. The standard InChI is InChI=1S/C32H41N3O6S/c1-7-24(3)33-32(37)29(19-25-13-9-8-10-14-25)34(21-26-15-11-12-23(2)18-26)31(36)22-35(42(6,38)39)28-20-27(40-4)16-17-30(28)41-5/h8-18,20,24,29H,7,19,21-22H2,1-6H3,(H,33,37)/t24-,29-/m1/s1. The third kappa shape index (κ3) is 8.72. The van der Waals surface area contributed by atoms with Crippen molar-refractivity contribution in [3.05, 3.63) is 89.5 Å². The van der Waals surface area contributed by atoms with Gasteiger partial charge in [0.2, 0.25) is 21.8 Å². The minimum Gasteiger partial charge on any atom is -0.497 e. The Balaban J connectivity index is 2.11. The lowest BCUT2D eigenvalue weighted by Crippen LogP contribution is -2.54. The topological polar surface area (TPSA) is 105 Å². The number of benzene rings is 3. The molecule has 0 bridgehead atoms. The first kappa shape index (κ1) is 32.5. The van der Waals surface area contributed by atoms with Gasteiger partial charge in [0.25, 0.3) is 0 Å². The van der Waals surface area contributed by atoms with Gasteiger partial charge in [-0.3, -0.25) is 13.9 Å². The van der Waals surface area contributed by atoms with Crippen molar-refractivity contribution >= 4 is 27.5 Å². The first-order valence-corrected chi connectivity index (χ1v) is 15.7. The molecule has 3 aromatic rings. The van der Waals surface area contributed by atoms with Crippen LogP contribution in [0.5, 0.6) is 11.5 Å².